The lowest BCUT2D eigenvalue weighted by Crippen LogP contribution is -2.29. The Morgan fingerprint density at radius 2 is 2.29 bits per heavy atom. The van der Waals surface area contributed by atoms with Gasteiger partial charge < -0.3 is 10.4 Å². The number of carboxylic acids is 1. The molecule has 0 aliphatic carbocycles. The van der Waals surface area contributed by atoms with Gasteiger partial charge in [-0.2, -0.15) is 0 Å². The standard InChI is InChI=1S/C13H12N2O2/c16-13(17)10-6-9-4-3-8-2-1-5-14-11(8)12(9)15-7-10/h1-5,10,15H,6-7H2,(H,16,17). The molecule has 2 N–H and O–H groups in total. The maximum absolute atomic E-state index is 11.0. The number of fused-ring (bicyclic) bond motifs is 3. The first kappa shape index (κ1) is 10.1. The van der Waals surface area contributed by atoms with E-state index in [1.165, 1.54) is 0 Å². The minimum Gasteiger partial charge on any atom is -0.481 e. The summed E-state index contributed by atoms with van der Waals surface area (Å²) in [7, 11) is 0. The molecule has 2 heterocycles. The molecule has 0 fully saturated rings. The van der Waals surface area contributed by atoms with Crippen LogP contribution in [0.15, 0.2) is 30.5 Å². The number of anilines is 1. The molecule has 0 bridgehead atoms. The van der Waals surface area contributed by atoms with Crippen LogP contribution in [-0.2, 0) is 11.2 Å². The molecule has 1 aromatic heterocycles. The molecular weight excluding hydrogens is 216 g/mol. The maximum Gasteiger partial charge on any atom is 0.308 e. The molecular formula is C13H12N2O2. The molecule has 1 aliphatic heterocycles. The lowest BCUT2D eigenvalue weighted by molar-refractivity contribution is -0.141. The van der Waals surface area contributed by atoms with E-state index in [1.807, 2.05) is 24.3 Å². The van der Waals surface area contributed by atoms with Gasteiger partial charge in [0.2, 0.25) is 0 Å². The molecule has 0 saturated carbocycles. The van der Waals surface area contributed by atoms with E-state index in [0.717, 1.165) is 22.2 Å². The first-order valence-electron chi connectivity index (χ1n) is 5.59. The zero-order valence-corrected chi connectivity index (χ0v) is 9.18. The summed E-state index contributed by atoms with van der Waals surface area (Å²) in [6, 6.07) is 7.89. The van der Waals surface area contributed by atoms with Crippen molar-refractivity contribution in [2.24, 2.45) is 5.92 Å². The van der Waals surface area contributed by atoms with E-state index in [1.54, 1.807) is 6.20 Å². The Morgan fingerprint density at radius 1 is 1.41 bits per heavy atom. The van der Waals surface area contributed by atoms with E-state index in [-0.39, 0.29) is 5.92 Å². The van der Waals surface area contributed by atoms with Gasteiger partial charge in [-0.1, -0.05) is 18.2 Å². The van der Waals surface area contributed by atoms with Crippen LogP contribution in [0, 0.1) is 5.92 Å². The van der Waals surface area contributed by atoms with Crippen molar-refractivity contribution in [3.63, 3.8) is 0 Å². The third-order valence-electron chi connectivity index (χ3n) is 3.20. The molecule has 1 aliphatic rings. The molecule has 17 heavy (non-hydrogen) atoms. The van der Waals surface area contributed by atoms with Gasteiger partial charge in [0.05, 0.1) is 17.1 Å². The fraction of sp³-hybridized carbons (Fsp3) is 0.231. The second-order valence-electron chi connectivity index (χ2n) is 4.29. The van der Waals surface area contributed by atoms with Crippen LogP contribution < -0.4 is 5.32 Å². The van der Waals surface area contributed by atoms with Crippen LogP contribution in [0.2, 0.25) is 0 Å². The van der Waals surface area contributed by atoms with E-state index in [9.17, 15) is 4.79 Å². The SMILES string of the molecule is O=C(O)C1CNc2c(ccc3cccnc23)C1. The number of pyridine rings is 1. The third-order valence-corrected chi connectivity index (χ3v) is 3.20. The fourth-order valence-corrected chi connectivity index (χ4v) is 2.29. The molecule has 3 rings (SSSR count). The van der Waals surface area contributed by atoms with Crippen LogP contribution in [0.25, 0.3) is 10.9 Å². The molecule has 4 heteroatoms. The number of carbonyl (C=O) groups is 1. The number of aromatic nitrogens is 1. The van der Waals surface area contributed by atoms with Crippen molar-refractivity contribution in [1.82, 2.24) is 4.98 Å². The van der Waals surface area contributed by atoms with Crippen molar-refractivity contribution in [3.05, 3.63) is 36.0 Å². The highest BCUT2D eigenvalue weighted by molar-refractivity contribution is 5.93. The van der Waals surface area contributed by atoms with Crippen molar-refractivity contribution < 1.29 is 9.90 Å². The smallest absolute Gasteiger partial charge is 0.308 e. The molecule has 4 nitrogen and oxygen atoms in total. The zero-order chi connectivity index (χ0) is 11.8. The summed E-state index contributed by atoms with van der Waals surface area (Å²) in [6.07, 6.45) is 2.33. The van der Waals surface area contributed by atoms with Crippen molar-refractivity contribution in [1.29, 1.82) is 0 Å². The first-order chi connectivity index (χ1) is 8.25. The monoisotopic (exact) mass is 228 g/mol. The Kier molecular flexibility index (Phi) is 2.21. The predicted molar refractivity (Wildman–Crippen MR) is 65.1 cm³/mol. The van der Waals surface area contributed by atoms with E-state index in [4.69, 9.17) is 5.11 Å². The van der Waals surface area contributed by atoms with Crippen molar-refractivity contribution >= 4 is 22.6 Å². The molecule has 1 unspecified atom stereocenters. The van der Waals surface area contributed by atoms with E-state index in [2.05, 4.69) is 10.3 Å². The van der Waals surface area contributed by atoms with Gasteiger partial charge in [0.25, 0.3) is 0 Å². The topological polar surface area (TPSA) is 62.2 Å². The Labute approximate surface area is 98.3 Å². The second-order valence-corrected chi connectivity index (χ2v) is 4.29. The van der Waals surface area contributed by atoms with Gasteiger partial charge in [0.15, 0.2) is 0 Å². The molecule has 0 spiro atoms. The minimum atomic E-state index is -0.746. The van der Waals surface area contributed by atoms with Gasteiger partial charge >= 0.3 is 5.97 Å². The Bertz CT molecular complexity index is 595. The van der Waals surface area contributed by atoms with Crippen LogP contribution in [0.5, 0.6) is 0 Å². The Morgan fingerprint density at radius 3 is 3.12 bits per heavy atom. The molecule has 0 amide bonds. The van der Waals surface area contributed by atoms with E-state index >= 15 is 0 Å². The van der Waals surface area contributed by atoms with Gasteiger partial charge in [-0.3, -0.25) is 9.78 Å². The van der Waals surface area contributed by atoms with Crippen molar-refractivity contribution in [2.75, 3.05) is 11.9 Å². The largest absolute Gasteiger partial charge is 0.481 e. The molecule has 2 aromatic rings. The summed E-state index contributed by atoms with van der Waals surface area (Å²) in [5.74, 6) is -1.09. The molecule has 1 atom stereocenters. The Hall–Kier alpha value is -2.10. The summed E-state index contributed by atoms with van der Waals surface area (Å²) >= 11 is 0. The number of hydrogen-bond donors (Lipinski definition) is 2. The summed E-state index contributed by atoms with van der Waals surface area (Å²) < 4.78 is 0. The van der Waals surface area contributed by atoms with Crippen molar-refractivity contribution in [2.45, 2.75) is 6.42 Å². The zero-order valence-electron chi connectivity index (χ0n) is 9.18. The van der Waals surface area contributed by atoms with Crippen LogP contribution >= 0.6 is 0 Å². The van der Waals surface area contributed by atoms with Gasteiger partial charge in [-0.25, -0.2) is 0 Å². The van der Waals surface area contributed by atoms with Gasteiger partial charge in [-0.15, -0.1) is 0 Å². The van der Waals surface area contributed by atoms with Gasteiger partial charge in [-0.05, 0) is 18.1 Å². The molecule has 86 valence electrons. The summed E-state index contributed by atoms with van der Waals surface area (Å²) in [5.41, 5.74) is 2.95. The normalized spacial score (nSPS) is 18.5. The van der Waals surface area contributed by atoms with Gasteiger partial charge in [0, 0.05) is 18.1 Å². The lowest BCUT2D eigenvalue weighted by atomic mass is 9.93. The highest BCUT2D eigenvalue weighted by atomic mass is 16.4. The van der Waals surface area contributed by atoms with Crippen LogP contribution in [0.4, 0.5) is 5.69 Å². The lowest BCUT2D eigenvalue weighted by Gasteiger charge is -2.24. The summed E-state index contributed by atoms with van der Waals surface area (Å²) in [5, 5.41) is 13.3. The average Bonchev–Trinajstić information content (AvgIpc) is 2.38. The number of aliphatic carboxylic acids is 1. The fourth-order valence-electron chi connectivity index (χ4n) is 2.29. The van der Waals surface area contributed by atoms with E-state index < -0.39 is 5.97 Å². The number of carboxylic acid groups (broad SMARTS) is 1. The maximum atomic E-state index is 11.0. The first-order valence-corrected chi connectivity index (χ1v) is 5.59. The number of hydrogen-bond acceptors (Lipinski definition) is 3. The number of rotatable bonds is 1. The minimum absolute atomic E-state index is 0.344. The average molecular weight is 228 g/mol. The van der Waals surface area contributed by atoms with Crippen molar-refractivity contribution in [3.8, 4) is 0 Å². The summed E-state index contributed by atoms with van der Waals surface area (Å²) in [4.78, 5) is 15.3. The highest BCUT2D eigenvalue weighted by Crippen LogP contribution is 2.31. The number of nitrogens with zero attached hydrogens (tertiary/aromatic N) is 1. The van der Waals surface area contributed by atoms with Crippen LogP contribution in [-0.4, -0.2) is 22.6 Å². The van der Waals surface area contributed by atoms with E-state index in [0.29, 0.717) is 13.0 Å². The van der Waals surface area contributed by atoms with Crippen LogP contribution in [0.3, 0.4) is 0 Å². The Balaban J connectivity index is 2.11. The number of nitrogens with one attached hydrogen (secondary N) is 1. The second kappa shape index (κ2) is 3.73. The summed E-state index contributed by atoms with van der Waals surface area (Å²) in [6.45, 7) is 0.470. The van der Waals surface area contributed by atoms with Crippen LogP contribution in [0.1, 0.15) is 5.56 Å². The quantitative estimate of drug-likeness (QED) is 0.782. The predicted octanol–water partition coefficient (Wildman–Crippen LogP) is 1.90. The molecule has 0 radical (unpaired) electrons. The van der Waals surface area contributed by atoms with Gasteiger partial charge in [0.1, 0.15) is 0 Å². The molecule has 0 saturated heterocycles. The molecule has 1 aromatic carbocycles. The third kappa shape index (κ3) is 1.62. The number of benzene rings is 1. The highest BCUT2D eigenvalue weighted by Gasteiger charge is 2.25.